The Morgan fingerprint density at radius 1 is 1.50 bits per heavy atom. The molecule has 94 valence electrons. The Bertz CT molecular complexity index is 551. The minimum absolute atomic E-state index is 0.307. The Labute approximate surface area is 115 Å². The number of nitrogens with two attached hydrogens (primary N) is 1. The molecule has 2 aromatic rings. The third-order valence-electron chi connectivity index (χ3n) is 2.41. The largest absolute Gasteiger partial charge is 0.388 e. The van der Waals surface area contributed by atoms with Crippen molar-refractivity contribution in [2.45, 2.75) is 19.9 Å². The lowest BCUT2D eigenvalue weighted by Crippen LogP contribution is -2.12. The number of thiocarbonyl (C=S) groups is 1. The first-order valence-electron chi connectivity index (χ1n) is 5.62. The van der Waals surface area contributed by atoms with E-state index < -0.39 is 0 Å². The molecule has 0 spiro atoms. The van der Waals surface area contributed by atoms with Crippen LogP contribution in [0.3, 0.4) is 0 Å². The van der Waals surface area contributed by atoms with Crippen LogP contribution in [0.2, 0.25) is 0 Å². The van der Waals surface area contributed by atoms with Crippen LogP contribution in [0.25, 0.3) is 0 Å². The maximum Gasteiger partial charge on any atom is 0.122 e. The van der Waals surface area contributed by atoms with E-state index >= 15 is 0 Å². The van der Waals surface area contributed by atoms with Crippen LogP contribution in [-0.4, -0.2) is 15.0 Å². The fourth-order valence-corrected chi connectivity index (χ4v) is 2.36. The molecule has 0 aliphatic rings. The summed E-state index contributed by atoms with van der Waals surface area (Å²) in [5, 5.41) is 4.36. The van der Waals surface area contributed by atoms with Crippen molar-refractivity contribution < 1.29 is 0 Å². The number of pyridine rings is 1. The number of aryl methyl sites for hydroxylation is 1. The first-order valence-corrected chi connectivity index (χ1v) is 6.85. The Hall–Kier alpha value is -1.53. The minimum atomic E-state index is 0.307. The molecule has 6 heteroatoms. The number of thiazole rings is 1. The standard InChI is InChI=1S/C12H14N4S2/c1-2-9-6-16-11(18-9)7-15-8-3-4-14-10(5-8)12(13)17/h3-6H,2,7H2,1H3,(H2,13,17)(H,14,15). The van der Waals surface area contributed by atoms with E-state index in [-0.39, 0.29) is 0 Å². The van der Waals surface area contributed by atoms with Crippen LogP contribution in [0.5, 0.6) is 0 Å². The van der Waals surface area contributed by atoms with Gasteiger partial charge in [0.05, 0.1) is 12.2 Å². The van der Waals surface area contributed by atoms with E-state index in [1.807, 2.05) is 18.3 Å². The molecule has 18 heavy (non-hydrogen) atoms. The third-order valence-corrected chi connectivity index (χ3v) is 3.76. The van der Waals surface area contributed by atoms with Crippen molar-refractivity contribution in [1.82, 2.24) is 9.97 Å². The van der Waals surface area contributed by atoms with Gasteiger partial charge in [0, 0.05) is 23.0 Å². The van der Waals surface area contributed by atoms with E-state index in [1.165, 1.54) is 4.88 Å². The quantitative estimate of drug-likeness (QED) is 0.822. The summed E-state index contributed by atoms with van der Waals surface area (Å²) in [7, 11) is 0. The molecule has 3 N–H and O–H groups in total. The summed E-state index contributed by atoms with van der Waals surface area (Å²) in [6.07, 6.45) is 4.64. The van der Waals surface area contributed by atoms with E-state index in [0.29, 0.717) is 17.2 Å². The monoisotopic (exact) mass is 278 g/mol. The number of nitrogens with zero attached hydrogens (tertiary/aromatic N) is 2. The van der Waals surface area contributed by atoms with Crippen molar-refractivity contribution in [3.8, 4) is 0 Å². The average Bonchev–Trinajstić information content (AvgIpc) is 2.84. The topological polar surface area (TPSA) is 63.8 Å². The van der Waals surface area contributed by atoms with Crippen molar-refractivity contribution in [2.75, 3.05) is 5.32 Å². The Morgan fingerprint density at radius 2 is 2.33 bits per heavy atom. The normalized spacial score (nSPS) is 10.3. The molecule has 0 atom stereocenters. The summed E-state index contributed by atoms with van der Waals surface area (Å²) in [5.41, 5.74) is 7.12. The van der Waals surface area contributed by atoms with Crippen LogP contribution < -0.4 is 11.1 Å². The summed E-state index contributed by atoms with van der Waals surface area (Å²) >= 11 is 6.62. The van der Waals surface area contributed by atoms with Gasteiger partial charge in [-0.3, -0.25) is 4.98 Å². The van der Waals surface area contributed by atoms with E-state index in [0.717, 1.165) is 17.1 Å². The second kappa shape index (κ2) is 5.88. The van der Waals surface area contributed by atoms with Gasteiger partial charge in [0.25, 0.3) is 0 Å². The third kappa shape index (κ3) is 3.24. The fourth-order valence-electron chi connectivity index (χ4n) is 1.45. The summed E-state index contributed by atoms with van der Waals surface area (Å²) in [6, 6.07) is 3.73. The van der Waals surface area contributed by atoms with Gasteiger partial charge >= 0.3 is 0 Å². The van der Waals surface area contributed by atoms with Gasteiger partial charge in [-0.15, -0.1) is 11.3 Å². The van der Waals surface area contributed by atoms with Crippen molar-refractivity contribution in [3.05, 3.63) is 40.1 Å². The van der Waals surface area contributed by atoms with Crippen molar-refractivity contribution in [3.63, 3.8) is 0 Å². The minimum Gasteiger partial charge on any atom is -0.388 e. The molecule has 2 heterocycles. The number of anilines is 1. The second-order valence-electron chi connectivity index (χ2n) is 3.72. The molecule has 0 saturated heterocycles. The Balaban J connectivity index is 2.01. The SMILES string of the molecule is CCc1cnc(CNc2ccnc(C(N)=S)c2)s1. The molecule has 2 aromatic heterocycles. The molecule has 0 aliphatic heterocycles. The van der Waals surface area contributed by atoms with Crippen molar-refractivity contribution >= 4 is 34.2 Å². The van der Waals surface area contributed by atoms with Gasteiger partial charge in [0.2, 0.25) is 0 Å². The number of nitrogens with one attached hydrogen (secondary N) is 1. The van der Waals surface area contributed by atoms with E-state index in [1.54, 1.807) is 17.5 Å². The first-order chi connectivity index (χ1) is 8.69. The highest BCUT2D eigenvalue weighted by Crippen LogP contribution is 2.15. The second-order valence-corrected chi connectivity index (χ2v) is 5.36. The number of aromatic nitrogens is 2. The lowest BCUT2D eigenvalue weighted by atomic mass is 10.3. The predicted octanol–water partition coefficient (Wildman–Crippen LogP) is 2.35. The predicted molar refractivity (Wildman–Crippen MR) is 78.9 cm³/mol. The lowest BCUT2D eigenvalue weighted by Gasteiger charge is -2.05. The maximum absolute atomic E-state index is 5.54. The van der Waals surface area contributed by atoms with Crippen LogP contribution in [0, 0.1) is 0 Å². The number of hydrogen-bond acceptors (Lipinski definition) is 5. The van der Waals surface area contributed by atoms with Crippen LogP contribution in [0.15, 0.2) is 24.5 Å². The zero-order chi connectivity index (χ0) is 13.0. The molecule has 0 aromatic carbocycles. The Morgan fingerprint density at radius 3 is 3.00 bits per heavy atom. The molecule has 0 amide bonds. The molecule has 4 nitrogen and oxygen atoms in total. The highest BCUT2D eigenvalue weighted by molar-refractivity contribution is 7.80. The van der Waals surface area contributed by atoms with E-state index in [2.05, 4.69) is 22.2 Å². The van der Waals surface area contributed by atoms with E-state index in [4.69, 9.17) is 18.0 Å². The van der Waals surface area contributed by atoms with Gasteiger partial charge in [-0.2, -0.15) is 0 Å². The van der Waals surface area contributed by atoms with Crippen molar-refractivity contribution in [1.29, 1.82) is 0 Å². The maximum atomic E-state index is 5.54. The molecule has 0 aliphatic carbocycles. The zero-order valence-corrected chi connectivity index (χ0v) is 11.6. The smallest absolute Gasteiger partial charge is 0.122 e. The number of rotatable bonds is 5. The molecule has 0 saturated carbocycles. The molecule has 2 rings (SSSR count). The summed E-state index contributed by atoms with van der Waals surface area (Å²) in [4.78, 5) is 10.0. The van der Waals surface area contributed by atoms with Gasteiger partial charge in [-0.25, -0.2) is 4.98 Å². The van der Waals surface area contributed by atoms with Gasteiger partial charge in [-0.1, -0.05) is 19.1 Å². The molecule has 0 fully saturated rings. The van der Waals surface area contributed by atoms with E-state index in [9.17, 15) is 0 Å². The zero-order valence-electron chi connectivity index (χ0n) is 10.0. The van der Waals surface area contributed by atoms with Gasteiger partial charge < -0.3 is 11.1 Å². The van der Waals surface area contributed by atoms with Gasteiger partial charge in [0.15, 0.2) is 0 Å². The van der Waals surface area contributed by atoms with Crippen LogP contribution in [0.1, 0.15) is 22.5 Å². The summed E-state index contributed by atoms with van der Waals surface area (Å²) in [5.74, 6) is 0. The first kappa shape index (κ1) is 12.9. The van der Waals surface area contributed by atoms with Crippen LogP contribution in [0.4, 0.5) is 5.69 Å². The molecular formula is C12H14N4S2. The Kier molecular flexibility index (Phi) is 4.22. The summed E-state index contributed by atoms with van der Waals surface area (Å²) in [6.45, 7) is 2.83. The highest BCUT2D eigenvalue weighted by atomic mass is 32.1. The highest BCUT2D eigenvalue weighted by Gasteiger charge is 2.02. The van der Waals surface area contributed by atoms with Gasteiger partial charge in [-0.05, 0) is 18.6 Å². The molecule has 0 bridgehead atoms. The molecule has 0 radical (unpaired) electrons. The fraction of sp³-hybridized carbons (Fsp3) is 0.250. The average molecular weight is 278 g/mol. The molecule has 0 unspecified atom stereocenters. The lowest BCUT2D eigenvalue weighted by molar-refractivity contribution is 1.09. The number of hydrogen-bond donors (Lipinski definition) is 2. The van der Waals surface area contributed by atoms with Crippen LogP contribution >= 0.6 is 23.6 Å². The van der Waals surface area contributed by atoms with Gasteiger partial charge in [0.1, 0.15) is 10.00 Å². The van der Waals surface area contributed by atoms with Crippen LogP contribution in [-0.2, 0) is 13.0 Å². The summed E-state index contributed by atoms with van der Waals surface area (Å²) < 4.78 is 0. The van der Waals surface area contributed by atoms with Crippen molar-refractivity contribution in [2.24, 2.45) is 5.73 Å². The molecular weight excluding hydrogens is 264 g/mol.